The molecule has 1 aliphatic rings. The van der Waals surface area contributed by atoms with Crippen molar-refractivity contribution in [3.8, 4) is 23.3 Å². The van der Waals surface area contributed by atoms with Gasteiger partial charge in [-0.25, -0.2) is 13.6 Å². The molecule has 2 aromatic carbocycles. The molecular weight excluding hydrogens is 492 g/mol. The third-order valence-electron chi connectivity index (χ3n) is 5.88. The summed E-state index contributed by atoms with van der Waals surface area (Å²) in [7, 11) is 0. The van der Waals surface area contributed by atoms with Crippen LogP contribution in [-0.2, 0) is 11.2 Å². The topological polar surface area (TPSA) is 110 Å². The Morgan fingerprint density at radius 1 is 1.08 bits per heavy atom. The van der Waals surface area contributed by atoms with Crippen LogP contribution >= 0.6 is 0 Å². The molecular formula is C28H27F2N5O3. The normalized spacial score (nSPS) is 13.8. The van der Waals surface area contributed by atoms with E-state index in [-0.39, 0.29) is 23.9 Å². The Morgan fingerprint density at radius 2 is 1.84 bits per heavy atom. The van der Waals surface area contributed by atoms with Crippen molar-refractivity contribution in [3.63, 3.8) is 0 Å². The van der Waals surface area contributed by atoms with Gasteiger partial charge in [-0.1, -0.05) is 24.0 Å². The maximum Gasteiger partial charge on any atom is 0.325 e. The number of amides is 3. The summed E-state index contributed by atoms with van der Waals surface area (Å²) in [6, 6.07) is 10.2. The lowest BCUT2D eigenvalue weighted by Gasteiger charge is -2.28. The molecule has 0 radical (unpaired) electrons. The van der Waals surface area contributed by atoms with Crippen LogP contribution in [0.2, 0.25) is 0 Å². The predicted molar refractivity (Wildman–Crippen MR) is 139 cm³/mol. The summed E-state index contributed by atoms with van der Waals surface area (Å²) in [5.41, 5.74) is 7.12. The highest BCUT2D eigenvalue weighted by Gasteiger charge is 2.15. The van der Waals surface area contributed by atoms with Crippen LogP contribution in [0.1, 0.15) is 24.0 Å². The number of nitrogens with zero attached hydrogens (tertiary/aromatic N) is 2. The first-order chi connectivity index (χ1) is 18.4. The Balaban J connectivity index is 1.33. The summed E-state index contributed by atoms with van der Waals surface area (Å²) in [4.78, 5) is 30.5. The Kier molecular flexibility index (Phi) is 8.98. The number of carbonyl (C=O) groups excluding carboxylic acids is 2. The highest BCUT2D eigenvalue weighted by Crippen LogP contribution is 2.28. The maximum atomic E-state index is 14.8. The smallest absolute Gasteiger partial charge is 0.325 e. The van der Waals surface area contributed by atoms with Gasteiger partial charge < -0.3 is 15.8 Å². The number of likely N-dealkylation sites (tertiary alicyclic amines) is 1. The summed E-state index contributed by atoms with van der Waals surface area (Å²) in [5, 5.41) is 4.55. The summed E-state index contributed by atoms with van der Waals surface area (Å²) in [6.07, 6.45) is 4.85. The molecule has 1 saturated heterocycles. The SMILES string of the molecule is NC1CCN(CC#Cc2cnccc2Oc2ccc(NC(=O)NC(=O)Cc3ccc(F)cc3)cc2F)CC1. The van der Waals surface area contributed by atoms with Crippen molar-refractivity contribution in [2.24, 2.45) is 5.73 Å². The summed E-state index contributed by atoms with van der Waals surface area (Å²) in [6.45, 7) is 2.39. The van der Waals surface area contributed by atoms with E-state index in [1.54, 1.807) is 12.3 Å². The first-order valence-corrected chi connectivity index (χ1v) is 12.1. The van der Waals surface area contributed by atoms with Crippen molar-refractivity contribution in [3.05, 3.63) is 83.7 Å². The van der Waals surface area contributed by atoms with Crippen molar-refractivity contribution in [2.75, 3.05) is 25.0 Å². The molecule has 0 bridgehead atoms. The minimum absolute atomic E-state index is 0.0670. The molecule has 4 N–H and O–H groups in total. The zero-order chi connectivity index (χ0) is 26.9. The van der Waals surface area contributed by atoms with Crippen LogP contribution in [0.25, 0.3) is 0 Å². The van der Waals surface area contributed by atoms with Crippen molar-refractivity contribution >= 4 is 17.6 Å². The maximum absolute atomic E-state index is 14.8. The van der Waals surface area contributed by atoms with E-state index in [9.17, 15) is 18.4 Å². The van der Waals surface area contributed by atoms with Crippen LogP contribution in [-0.4, -0.2) is 47.5 Å². The van der Waals surface area contributed by atoms with Crippen LogP contribution in [0.3, 0.4) is 0 Å². The largest absolute Gasteiger partial charge is 0.453 e. The Hall–Kier alpha value is -4.33. The average Bonchev–Trinajstić information content (AvgIpc) is 2.89. The molecule has 10 heteroatoms. The lowest BCUT2D eigenvalue weighted by atomic mass is 10.1. The number of hydrogen-bond acceptors (Lipinski definition) is 6. The second-order valence-corrected chi connectivity index (χ2v) is 8.84. The first kappa shape index (κ1) is 26.7. The van der Waals surface area contributed by atoms with Gasteiger partial charge in [-0.3, -0.25) is 20.0 Å². The van der Waals surface area contributed by atoms with Gasteiger partial charge in [0.15, 0.2) is 11.6 Å². The van der Waals surface area contributed by atoms with E-state index in [1.807, 2.05) is 0 Å². The number of halogens is 2. The van der Waals surface area contributed by atoms with Gasteiger partial charge >= 0.3 is 6.03 Å². The Morgan fingerprint density at radius 3 is 2.58 bits per heavy atom. The number of imide groups is 1. The van der Waals surface area contributed by atoms with Crippen molar-refractivity contribution < 1.29 is 23.1 Å². The molecule has 0 spiro atoms. The van der Waals surface area contributed by atoms with Gasteiger partial charge in [0.2, 0.25) is 5.91 Å². The third-order valence-corrected chi connectivity index (χ3v) is 5.88. The number of ether oxygens (including phenoxy) is 1. The second kappa shape index (κ2) is 12.8. The highest BCUT2D eigenvalue weighted by atomic mass is 19.1. The molecule has 1 aliphatic heterocycles. The van der Waals surface area contributed by atoms with Gasteiger partial charge in [-0.05, 0) is 42.7 Å². The molecule has 0 unspecified atom stereocenters. The summed E-state index contributed by atoms with van der Waals surface area (Å²) in [5.74, 6) is 4.69. The number of carbonyl (C=O) groups is 2. The number of piperidine rings is 1. The zero-order valence-electron chi connectivity index (χ0n) is 20.5. The molecule has 8 nitrogen and oxygen atoms in total. The van der Waals surface area contributed by atoms with Gasteiger partial charge in [0.1, 0.15) is 11.6 Å². The van der Waals surface area contributed by atoms with Gasteiger partial charge in [0.05, 0.1) is 18.5 Å². The van der Waals surface area contributed by atoms with Crippen LogP contribution in [0.4, 0.5) is 19.3 Å². The van der Waals surface area contributed by atoms with E-state index in [2.05, 4.69) is 32.4 Å². The van der Waals surface area contributed by atoms with E-state index >= 15 is 0 Å². The van der Waals surface area contributed by atoms with Crippen LogP contribution in [0.5, 0.6) is 11.5 Å². The third kappa shape index (κ3) is 7.83. The number of nitrogens with two attached hydrogens (primary N) is 1. The standard InChI is InChI=1S/C28H27F2N5O3/c29-21-5-3-19(4-6-21)16-27(36)34-28(37)33-23-7-8-26(24(30)17-23)38-25-9-12-32-18-20(25)2-1-13-35-14-10-22(31)11-15-35/h3-9,12,17-18,22H,10-11,13-16,31H2,(H2,33,34,36,37). The number of urea groups is 1. The number of benzene rings is 2. The molecule has 2 heterocycles. The molecule has 0 atom stereocenters. The van der Waals surface area contributed by atoms with Crippen LogP contribution < -0.4 is 21.1 Å². The molecule has 196 valence electrons. The summed E-state index contributed by atoms with van der Waals surface area (Å²) < 4.78 is 33.5. The van der Waals surface area contributed by atoms with E-state index < -0.39 is 23.6 Å². The Bertz CT molecular complexity index is 1350. The molecule has 1 aromatic heterocycles. The van der Waals surface area contributed by atoms with E-state index in [0.29, 0.717) is 23.4 Å². The van der Waals surface area contributed by atoms with Gasteiger partial charge in [-0.2, -0.15) is 0 Å². The molecule has 3 amide bonds. The second-order valence-electron chi connectivity index (χ2n) is 8.84. The minimum Gasteiger partial charge on any atom is -0.453 e. The predicted octanol–water partition coefficient (Wildman–Crippen LogP) is 3.82. The fourth-order valence-corrected chi connectivity index (χ4v) is 3.82. The van der Waals surface area contributed by atoms with Gasteiger partial charge in [0.25, 0.3) is 0 Å². The lowest BCUT2D eigenvalue weighted by Crippen LogP contribution is -2.39. The fraction of sp³-hybridized carbons (Fsp3) is 0.250. The fourth-order valence-electron chi connectivity index (χ4n) is 3.82. The Labute approximate surface area is 219 Å². The molecule has 4 rings (SSSR count). The molecule has 3 aromatic rings. The molecule has 0 aliphatic carbocycles. The first-order valence-electron chi connectivity index (χ1n) is 12.1. The summed E-state index contributed by atoms with van der Waals surface area (Å²) >= 11 is 0. The number of aromatic nitrogens is 1. The monoisotopic (exact) mass is 519 g/mol. The molecule has 0 saturated carbocycles. The molecule has 1 fully saturated rings. The van der Waals surface area contributed by atoms with Crippen molar-refractivity contribution in [1.29, 1.82) is 0 Å². The van der Waals surface area contributed by atoms with Crippen molar-refractivity contribution in [1.82, 2.24) is 15.2 Å². The zero-order valence-corrected chi connectivity index (χ0v) is 20.5. The van der Waals surface area contributed by atoms with E-state index in [1.165, 1.54) is 42.6 Å². The van der Waals surface area contributed by atoms with Gasteiger partial charge in [0, 0.05) is 49.3 Å². The average molecular weight is 520 g/mol. The highest BCUT2D eigenvalue weighted by molar-refractivity contribution is 6.01. The number of anilines is 1. The number of rotatable bonds is 6. The molecule has 38 heavy (non-hydrogen) atoms. The van der Waals surface area contributed by atoms with E-state index in [4.69, 9.17) is 10.5 Å². The van der Waals surface area contributed by atoms with Crippen molar-refractivity contribution in [2.45, 2.75) is 25.3 Å². The number of hydrogen-bond donors (Lipinski definition) is 3. The van der Waals surface area contributed by atoms with Crippen LogP contribution in [0.15, 0.2) is 60.9 Å². The van der Waals surface area contributed by atoms with E-state index in [0.717, 1.165) is 32.0 Å². The lowest BCUT2D eigenvalue weighted by molar-refractivity contribution is -0.119. The number of nitrogens with one attached hydrogen (secondary N) is 2. The van der Waals surface area contributed by atoms with Gasteiger partial charge in [-0.15, -0.1) is 0 Å². The number of pyridine rings is 1. The quantitative estimate of drug-likeness (QED) is 0.428. The van der Waals surface area contributed by atoms with Crippen LogP contribution in [0, 0.1) is 23.5 Å². The minimum atomic E-state index is -0.826.